The zero-order valence-electron chi connectivity index (χ0n) is 26.5. The molecule has 3 aromatic rings. The first-order valence-electron chi connectivity index (χ1n) is 15.4. The Morgan fingerprint density at radius 2 is 1.59 bits per heavy atom. The maximum absolute atomic E-state index is 14.5. The third-order valence-corrected chi connectivity index (χ3v) is 10.2. The quantitative estimate of drug-likeness (QED) is 0.266. The standard InChI is InChI=1S/C35H45N3O5S/c1-6-31(35(40)36-29-14-8-7-9-15-29)37(23-28-13-11-10-12-27(28)4)34(39)24-38(32-22-26(3)18-21-33(32)43-5)44(41,42)30-19-16-25(2)17-20-30/h10-13,16-22,29,31H,6-9,14-15,23-24H2,1-5H3,(H,36,40). The van der Waals surface area contributed by atoms with Gasteiger partial charge in [0.05, 0.1) is 17.7 Å². The highest BCUT2D eigenvalue weighted by Gasteiger charge is 2.35. The van der Waals surface area contributed by atoms with Crippen LogP contribution in [0.15, 0.2) is 71.6 Å². The number of hydrogen-bond acceptors (Lipinski definition) is 5. The van der Waals surface area contributed by atoms with Gasteiger partial charge in [0.1, 0.15) is 18.3 Å². The molecule has 0 bridgehead atoms. The van der Waals surface area contributed by atoms with Gasteiger partial charge in [0.25, 0.3) is 10.0 Å². The Balaban J connectivity index is 1.77. The molecule has 1 unspecified atom stereocenters. The first kappa shape index (κ1) is 33.1. The smallest absolute Gasteiger partial charge is 0.264 e. The number of carbonyl (C=O) groups is 2. The Bertz CT molecular complexity index is 1550. The number of ether oxygens (including phenoxy) is 1. The third-order valence-electron chi connectivity index (χ3n) is 8.43. The molecule has 8 nitrogen and oxygen atoms in total. The number of sulfonamides is 1. The van der Waals surface area contributed by atoms with Crippen LogP contribution in [0.3, 0.4) is 0 Å². The zero-order valence-corrected chi connectivity index (χ0v) is 27.3. The Hall–Kier alpha value is -3.85. The largest absolute Gasteiger partial charge is 0.495 e. The summed E-state index contributed by atoms with van der Waals surface area (Å²) in [5.41, 5.74) is 3.87. The van der Waals surface area contributed by atoms with Crippen LogP contribution in [-0.2, 0) is 26.2 Å². The molecule has 2 amide bonds. The summed E-state index contributed by atoms with van der Waals surface area (Å²) in [5.74, 6) is -0.354. The van der Waals surface area contributed by atoms with Gasteiger partial charge in [-0.1, -0.05) is 74.2 Å². The van der Waals surface area contributed by atoms with E-state index in [-0.39, 0.29) is 29.1 Å². The molecule has 1 aliphatic rings. The number of nitrogens with zero attached hydrogens (tertiary/aromatic N) is 2. The van der Waals surface area contributed by atoms with Gasteiger partial charge in [-0.05, 0) is 81.0 Å². The van der Waals surface area contributed by atoms with E-state index in [1.165, 1.54) is 7.11 Å². The van der Waals surface area contributed by atoms with Crippen molar-refractivity contribution < 1.29 is 22.7 Å². The maximum atomic E-state index is 14.5. The number of carbonyl (C=O) groups excluding carboxylic acids is 2. The van der Waals surface area contributed by atoms with E-state index in [2.05, 4.69) is 5.32 Å². The van der Waals surface area contributed by atoms with Gasteiger partial charge in [-0.2, -0.15) is 0 Å². The van der Waals surface area contributed by atoms with Crippen molar-refractivity contribution in [3.05, 3.63) is 89.0 Å². The monoisotopic (exact) mass is 619 g/mol. The van der Waals surface area contributed by atoms with E-state index in [0.29, 0.717) is 12.2 Å². The Labute approximate surface area is 262 Å². The molecular formula is C35H45N3O5S. The highest BCUT2D eigenvalue weighted by Crippen LogP contribution is 2.34. The number of amides is 2. The highest BCUT2D eigenvalue weighted by atomic mass is 32.2. The van der Waals surface area contributed by atoms with E-state index in [9.17, 15) is 18.0 Å². The fraction of sp³-hybridized carbons (Fsp3) is 0.429. The molecule has 1 fully saturated rings. The molecule has 0 heterocycles. The van der Waals surface area contributed by atoms with E-state index in [1.807, 2.05) is 58.0 Å². The van der Waals surface area contributed by atoms with Crippen molar-refractivity contribution in [2.24, 2.45) is 0 Å². The summed E-state index contributed by atoms with van der Waals surface area (Å²) < 4.78 is 35.2. The van der Waals surface area contributed by atoms with Gasteiger partial charge in [0.2, 0.25) is 11.8 Å². The number of methoxy groups -OCH3 is 1. The first-order chi connectivity index (χ1) is 21.0. The van der Waals surface area contributed by atoms with Gasteiger partial charge < -0.3 is 15.0 Å². The second kappa shape index (κ2) is 14.8. The summed E-state index contributed by atoms with van der Waals surface area (Å²) in [5, 5.41) is 3.19. The van der Waals surface area contributed by atoms with Crippen molar-refractivity contribution in [1.29, 1.82) is 0 Å². The summed E-state index contributed by atoms with van der Waals surface area (Å²) >= 11 is 0. The van der Waals surface area contributed by atoms with E-state index in [4.69, 9.17) is 4.74 Å². The lowest BCUT2D eigenvalue weighted by Crippen LogP contribution is -2.54. The molecule has 1 aliphatic carbocycles. The van der Waals surface area contributed by atoms with E-state index in [1.54, 1.807) is 41.3 Å². The van der Waals surface area contributed by atoms with Crippen LogP contribution in [-0.4, -0.2) is 50.9 Å². The van der Waals surface area contributed by atoms with Crippen LogP contribution in [0.5, 0.6) is 5.75 Å². The van der Waals surface area contributed by atoms with Gasteiger partial charge in [0, 0.05) is 12.6 Å². The van der Waals surface area contributed by atoms with Crippen LogP contribution < -0.4 is 14.4 Å². The summed E-state index contributed by atoms with van der Waals surface area (Å²) in [6.07, 6.45) is 5.52. The van der Waals surface area contributed by atoms with Gasteiger partial charge in [-0.15, -0.1) is 0 Å². The Kier molecular flexibility index (Phi) is 11.1. The number of anilines is 1. The summed E-state index contributed by atoms with van der Waals surface area (Å²) in [4.78, 5) is 29.8. The van der Waals surface area contributed by atoms with Gasteiger partial charge in [-0.3, -0.25) is 13.9 Å². The van der Waals surface area contributed by atoms with Gasteiger partial charge in [0.15, 0.2) is 0 Å². The summed E-state index contributed by atoms with van der Waals surface area (Å²) in [7, 11) is -2.73. The molecule has 236 valence electrons. The fourth-order valence-electron chi connectivity index (χ4n) is 5.78. The van der Waals surface area contributed by atoms with Crippen molar-refractivity contribution in [3.63, 3.8) is 0 Å². The zero-order chi connectivity index (χ0) is 31.9. The number of benzene rings is 3. The molecule has 0 radical (unpaired) electrons. The minimum absolute atomic E-state index is 0.0620. The maximum Gasteiger partial charge on any atom is 0.264 e. The van der Waals surface area contributed by atoms with Crippen LogP contribution in [0, 0.1) is 20.8 Å². The van der Waals surface area contributed by atoms with E-state index >= 15 is 0 Å². The van der Waals surface area contributed by atoms with Crippen molar-refractivity contribution in [3.8, 4) is 5.75 Å². The lowest BCUT2D eigenvalue weighted by molar-refractivity contribution is -0.140. The SMILES string of the molecule is CCC(C(=O)NC1CCCCC1)N(Cc1ccccc1C)C(=O)CN(c1cc(C)ccc1OC)S(=O)(=O)c1ccc(C)cc1. The van der Waals surface area contributed by atoms with Crippen molar-refractivity contribution in [2.75, 3.05) is 18.0 Å². The van der Waals surface area contributed by atoms with Crippen LogP contribution >= 0.6 is 0 Å². The van der Waals surface area contributed by atoms with Crippen molar-refractivity contribution >= 4 is 27.5 Å². The summed E-state index contributed by atoms with van der Waals surface area (Å²) in [6, 6.07) is 18.8. The molecule has 1 atom stereocenters. The molecule has 9 heteroatoms. The van der Waals surface area contributed by atoms with E-state index < -0.39 is 28.5 Å². The molecule has 0 aliphatic heterocycles. The highest BCUT2D eigenvalue weighted by molar-refractivity contribution is 7.92. The normalized spacial score (nSPS) is 14.5. The van der Waals surface area contributed by atoms with Crippen molar-refractivity contribution in [1.82, 2.24) is 10.2 Å². The van der Waals surface area contributed by atoms with Gasteiger partial charge in [-0.25, -0.2) is 8.42 Å². The van der Waals surface area contributed by atoms with Crippen LogP contribution in [0.25, 0.3) is 0 Å². The average molecular weight is 620 g/mol. The lowest BCUT2D eigenvalue weighted by atomic mass is 9.95. The molecule has 44 heavy (non-hydrogen) atoms. The number of aryl methyl sites for hydroxylation is 3. The van der Waals surface area contributed by atoms with Gasteiger partial charge >= 0.3 is 0 Å². The first-order valence-corrected chi connectivity index (χ1v) is 16.9. The number of nitrogens with one attached hydrogen (secondary N) is 1. The van der Waals surface area contributed by atoms with E-state index in [0.717, 1.165) is 58.7 Å². The van der Waals surface area contributed by atoms with Crippen molar-refractivity contribution in [2.45, 2.75) is 89.7 Å². The minimum atomic E-state index is -4.20. The molecule has 1 N–H and O–H groups in total. The lowest BCUT2D eigenvalue weighted by Gasteiger charge is -2.35. The van der Waals surface area contributed by atoms with Crippen LogP contribution in [0.2, 0.25) is 0 Å². The van der Waals surface area contributed by atoms with Crippen LogP contribution in [0.1, 0.15) is 67.7 Å². The molecular weight excluding hydrogens is 574 g/mol. The second-order valence-corrected chi connectivity index (χ2v) is 13.6. The topological polar surface area (TPSA) is 96.0 Å². The molecule has 0 aromatic heterocycles. The predicted molar refractivity (Wildman–Crippen MR) is 174 cm³/mol. The molecule has 0 spiro atoms. The molecule has 1 saturated carbocycles. The molecule has 0 saturated heterocycles. The Morgan fingerprint density at radius 1 is 0.932 bits per heavy atom. The third kappa shape index (κ3) is 7.80. The van der Waals surface area contributed by atoms with Crippen LogP contribution in [0.4, 0.5) is 5.69 Å². The predicted octanol–water partition coefficient (Wildman–Crippen LogP) is 6.07. The minimum Gasteiger partial charge on any atom is -0.495 e. The fourth-order valence-corrected chi connectivity index (χ4v) is 7.20. The molecule has 4 rings (SSSR count). The average Bonchev–Trinajstić information content (AvgIpc) is 3.01. The second-order valence-electron chi connectivity index (χ2n) is 11.7. The summed E-state index contributed by atoms with van der Waals surface area (Å²) in [6.45, 7) is 7.25. The number of hydrogen-bond donors (Lipinski definition) is 1. The molecule has 3 aromatic carbocycles. The number of rotatable bonds is 12. The Morgan fingerprint density at radius 3 is 2.23 bits per heavy atom.